The number of ketones is 1. The number of aromatic nitrogens is 1. The Bertz CT molecular complexity index is 446. The molecule has 0 aromatic carbocycles. The number of Topliss-reactive ketones (excluding diaryl/α,β-unsaturated/α-hetero) is 1. The first kappa shape index (κ1) is 10.8. The molecule has 0 amide bonds. The molecule has 82 valence electrons. The second kappa shape index (κ2) is 4.02. The van der Waals surface area contributed by atoms with Crippen molar-refractivity contribution in [2.45, 2.75) is 12.5 Å². The van der Waals surface area contributed by atoms with Gasteiger partial charge in [-0.3, -0.25) is 9.78 Å². The van der Waals surface area contributed by atoms with Crippen LogP contribution in [-0.4, -0.2) is 16.3 Å². The van der Waals surface area contributed by atoms with Gasteiger partial charge in [-0.05, 0) is 19.1 Å². The van der Waals surface area contributed by atoms with E-state index in [4.69, 9.17) is 5.73 Å². The highest BCUT2D eigenvalue weighted by molar-refractivity contribution is 6.00. The third-order valence-corrected chi connectivity index (χ3v) is 2.79. The lowest BCUT2D eigenvalue weighted by molar-refractivity contribution is 0.0915. The second-order valence-corrected chi connectivity index (χ2v) is 4.19. The average Bonchev–Trinajstić information content (AvgIpc) is 2.29. The number of nitrogens with two attached hydrogens (primary N) is 1. The number of hydrogen-bond acceptors (Lipinski definition) is 3. The predicted molar refractivity (Wildman–Crippen MR) is 62.9 cm³/mol. The summed E-state index contributed by atoms with van der Waals surface area (Å²) < 4.78 is 0. The minimum absolute atomic E-state index is 0.0352. The molecule has 1 aromatic heterocycles. The Morgan fingerprint density at radius 1 is 1.38 bits per heavy atom. The van der Waals surface area contributed by atoms with E-state index in [1.54, 1.807) is 24.5 Å². The molecule has 2 N–H and O–H groups in total. The Balaban J connectivity index is 2.30. The van der Waals surface area contributed by atoms with Crippen LogP contribution in [-0.2, 0) is 0 Å². The predicted octanol–water partition coefficient (Wildman–Crippen LogP) is 1.72. The lowest BCUT2D eigenvalue weighted by atomic mass is 9.78. The van der Waals surface area contributed by atoms with Crippen LogP contribution in [0.2, 0.25) is 0 Å². The zero-order valence-corrected chi connectivity index (χ0v) is 9.13. The van der Waals surface area contributed by atoms with E-state index in [9.17, 15) is 4.79 Å². The summed E-state index contributed by atoms with van der Waals surface area (Å²) in [6.45, 7) is 1.86. The van der Waals surface area contributed by atoms with Crippen LogP contribution in [0, 0.1) is 5.92 Å². The molecule has 1 aliphatic rings. The summed E-state index contributed by atoms with van der Waals surface area (Å²) in [6, 6.07) is 3.43. The zero-order valence-electron chi connectivity index (χ0n) is 9.13. The monoisotopic (exact) mass is 214 g/mol. The smallest absolute Gasteiger partial charge is 0.171 e. The third kappa shape index (κ3) is 1.95. The van der Waals surface area contributed by atoms with E-state index in [0.717, 1.165) is 0 Å². The van der Waals surface area contributed by atoms with E-state index < -0.39 is 5.54 Å². The fraction of sp³-hybridized carbons (Fsp3) is 0.231. The SMILES string of the molecule is CC1(N)C=CC=CC1C(=O)c1ccncc1. The molecule has 16 heavy (non-hydrogen) atoms. The van der Waals surface area contributed by atoms with Gasteiger partial charge in [0, 0.05) is 23.5 Å². The van der Waals surface area contributed by atoms with Gasteiger partial charge in [-0.2, -0.15) is 0 Å². The molecular formula is C13H14N2O. The van der Waals surface area contributed by atoms with Crippen LogP contribution in [0.5, 0.6) is 0 Å². The van der Waals surface area contributed by atoms with Crippen molar-refractivity contribution in [1.29, 1.82) is 0 Å². The largest absolute Gasteiger partial charge is 0.321 e. The Morgan fingerprint density at radius 3 is 2.69 bits per heavy atom. The van der Waals surface area contributed by atoms with Gasteiger partial charge in [0.2, 0.25) is 0 Å². The van der Waals surface area contributed by atoms with Crippen LogP contribution >= 0.6 is 0 Å². The van der Waals surface area contributed by atoms with Gasteiger partial charge >= 0.3 is 0 Å². The van der Waals surface area contributed by atoms with Crippen LogP contribution in [0.4, 0.5) is 0 Å². The van der Waals surface area contributed by atoms with Crippen molar-refractivity contribution in [2.24, 2.45) is 11.7 Å². The van der Waals surface area contributed by atoms with Gasteiger partial charge in [0.1, 0.15) is 0 Å². The summed E-state index contributed by atoms with van der Waals surface area (Å²) in [6.07, 6.45) is 10.7. The second-order valence-electron chi connectivity index (χ2n) is 4.19. The molecule has 0 spiro atoms. The lowest BCUT2D eigenvalue weighted by Gasteiger charge is -2.30. The summed E-state index contributed by atoms with van der Waals surface area (Å²) >= 11 is 0. The van der Waals surface area contributed by atoms with Crippen molar-refractivity contribution in [3.63, 3.8) is 0 Å². The van der Waals surface area contributed by atoms with E-state index >= 15 is 0 Å². The van der Waals surface area contributed by atoms with Crippen molar-refractivity contribution in [3.05, 3.63) is 54.4 Å². The minimum atomic E-state index is -0.616. The molecule has 0 aliphatic heterocycles. The molecule has 0 saturated carbocycles. The molecular weight excluding hydrogens is 200 g/mol. The maximum absolute atomic E-state index is 12.2. The number of rotatable bonds is 2. The topological polar surface area (TPSA) is 56.0 Å². The van der Waals surface area contributed by atoms with Gasteiger partial charge in [0.25, 0.3) is 0 Å². The molecule has 2 unspecified atom stereocenters. The average molecular weight is 214 g/mol. The summed E-state index contributed by atoms with van der Waals surface area (Å²) in [5.74, 6) is -0.270. The zero-order chi connectivity index (χ0) is 11.6. The fourth-order valence-electron chi connectivity index (χ4n) is 1.81. The molecule has 2 rings (SSSR count). The third-order valence-electron chi connectivity index (χ3n) is 2.79. The molecule has 0 bridgehead atoms. The Hall–Kier alpha value is -1.74. The molecule has 3 nitrogen and oxygen atoms in total. The van der Waals surface area contributed by atoms with E-state index in [0.29, 0.717) is 5.56 Å². The van der Waals surface area contributed by atoms with E-state index in [1.165, 1.54) is 0 Å². The molecule has 1 aromatic rings. The Kier molecular flexibility index (Phi) is 2.71. The Labute approximate surface area is 94.7 Å². The van der Waals surface area contributed by atoms with Crippen molar-refractivity contribution < 1.29 is 4.79 Å². The van der Waals surface area contributed by atoms with Gasteiger partial charge in [-0.1, -0.05) is 24.3 Å². The normalized spacial score (nSPS) is 28.0. The quantitative estimate of drug-likeness (QED) is 0.763. The maximum atomic E-state index is 12.2. The molecule has 1 aliphatic carbocycles. The highest BCUT2D eigenvalue weighted by Gasteiger charge is 2.33. The summed E-state index contributed by atoms with van der Waals surface area (Å²) in [5.41, 5.74) is 6.12. The Morgan fingerprint density at radius 2 is 2.06 bits per heavy atom. The summed E-state index contributed by atoms with van der Waals surface area (Å²) in [7, 11) is 0. The number of nitrogens with zero attached hydrogens (tertiary/aromatic N) is 1. The van der Waals surface area contributed by atoms with Crippen LogP contribution in [0.15, 0.2) is 48.8 Å². The standard InChI is InChI=1S/C13H14N2O/c1-13(14)7-3-2-4-11(13)12(16)10-5-8-15-9-6-10/h2-9,11H,14H2,1H3. The van der Waals surface area contributed by atoms with Gasteiger partial charge in [-0.25, -0.2) is 0 Å². The minimum Gasteiger partial charge on any atom is -0.321 e. The van der Waals surface area contributed by atoms with Crippen LogP contribution < -0.4 is 5.73 Å². The van der Waals surface area contributed by atoms with Crippen molar-refractivity contribution in [1.82, 2.24) is 4.98 Å². The van der Waals surface area contributed by atoms with Crippen molar-refractivity contribution >= 4 is 5.78 Å². The first-order valence-corrected chi connectivity index (χ1v) is 5.20. The first-order valence-electron chi connectivity index (χ1n) is 5.20. The van der Waals surface area contributed by atoms with Gasteiger partial charge in [0.05, 0.1) is 5.92 Å². The number of carbonyl (C=O) groups excluding carboxylic acids is 1. The number of carbonyl (C=O) groups is 1. The molecule has 1 heterocycles. The number of pyridine rings is 1. The van der Waals surface area contributed by atoms with Crippen molar-refractivity contribution in [2.75, 3.05) is 0 Å². The van der Waals surface area contributed by atoms with E-state index in [-0.39, 0.29) is 11.7 Å². The van der Waals surface area contributed by atoms with Gasteiger partial charge in [-0.15, -0.1) is 0 Å². The van der Waals surface area contributed by atoms with E-state index in [1.807, 2.05) is 31.2 Å². The number of allylic oxidation sites excluding steroid dienone is 2. The van der Waals surface area contributed by atoms with Crippen molar-refractivity contribution in [3.8, 4) is 0 Å². The summed E-state index contributed by atoms with van der Waals surface area (Å²) in [5, 5.41) is 0. The van der Waals surface area contributed by atoms with E-state index in [2.05, 4.69) is 4.98 Å². The molecule has 2 atom stereocenters. The molecule has 0 saturated heterocycles. The fourth-order valence-corrected chi connectivity index (χ4v) is 1.81. The summed E-state index contributed by atoms with van der Waals surface area (Å²) in [4.78, 5) is 16.1. The molecule has 0 radical (unpaired) electrons. The van der Waals surface area contributed by atoms with Gasteiger partial charge < -0.3 is 5.73 Å². The molecule has 3 heteroatoms. The molecule has 0 fully saturated rings. The van der Waals surface area contributed by atoms with Crippen LogP contribution in [0.3, 0.4) is 0 Å². The first-order chi connectivity index (χ1) is 7.61. The highest BCUT2D eigenvalue weighted by atomic mass is 16.1. The maximum Gasteiger partial charge on any atom is 0.171 e. The lowest BCUT2D eigenvalue weighted by Crippen LogP contribution is -2.46. The highest BCUT2D eigenvalue weighted by Crippen LogP contribution is 2.25. The van der Waals surface area contributed by atoms with Crippen LogP contribution in [0.1, 0.15) is 17.3 Å². The van der Waals surface area contributed by atoms with Gasteiger partial charge in [0.15, 0.2) is 5.78 Å². The van der Waals surface area contributed by atoms with Crippen LogP contribution in [0.25, 0.3) is 0 Å². The number of hydrogen-bond donors (Lipinski definition) is 1.